The first kappa shape index (κ1) is 27.1. The number of fused-ring (bicyclic) bond motifs is 6. The van der Waals surface area contributed by atoms with Crippen LogP contribution in [0.2, 0.25) is 0 Å². The number of rotatable bonds is 8. The molecule has 6 nitrogen and oxygen atoms in total. The molecule has 0 spiro atoms. The molecule has 0 bridgehead atoms. The maximum absolute atomic E-state index is 15.0. The second kappa shape index (κ2) is 10.5. The molecule has 2 heterocycles. The van der Waals surface area contributed by atoms with Gasteiger partial charge >= 0.3 is 0 Å². The first-order valence-electron chi connectivity index (χ1n) is 14.7. The molecular formula is C35H31F2N3O3. The summed E-state index contributed by atoms with van der Waals surface area (Å²) in [5.41, 5.74) is 3.95. The van der Waals surface area contributed by atoms with Gasteiger partial charge < -0.3 is 9.64 Å². The lowest BCUT2D eigenvalue weighted by molar-refractivity contribution is 0.0667. The summed E-state index contributed by atoms with van der Waals surface area (Å²) < 4.78 is 37.3. The van der Waals surface area contributed by atoms with Crippen molar-refractivity contribution >= 4 is 12.0 Å². The topological polar surface area (TPSA) is 54.8 Å². The van der Waals surface area contributed by atoms with Crippen LogP contribution in [0.4, 0.5) is 8.78 Å². The number of hydrogen-bond acceptors (Lipinski definition) is 4. The standard InChI is InChI=1S/C35H31F2N3O3/c1-2-3-17-43-33-31(41)14-16-39-32(33)34(42)38(15-13-23-9-5-4-6-10-23)22-40(39)35-26(18-24-11-7-8-12-27(24)35)19-25-20-29(36)30(37)21-28(25)35/h4-12,14,16,19-21H,2-3,13,15,17-18,22H2,1H3. The minimum Gasteiger partial charge on any atom is -0.487 e. The van der Waals surface area contributed by atoms with Crippen molar-refractivity contribution in [2.75, 3.05) is 24.8 Å². The van der Waals surface area contributed by atoms with Gasteiger partial charge in [0.15, 0.2) is 23.1 Å². The maximum atomic E-state index is 15.0. The number of amides is 1. The molecule has 1 aliphatic heterocycles. The molecule has 43 heavy (non-hydrogen) atoms. The van der Waals surface area contributed by atoms with Gasteiger partial charge in [0.1, 0.15) is 12.2 Å². The van der Waals surface area contributed by atoms with Gasteiger partial charge in [-0.05, 0) is 64.8 Å². The van der Waals surface area contributed by atoms with Crippen molar-refractivity contribution < 1.29 is 18.3 Å². The SMILES string of the molecule is CCCCOc1c2n(ccc1=O)N(C13C(=Cc4cc(F)c(F)cc41)Cc1ccccc13)CN(CCc1ccccc1)C2=O. The smallest absolute Gasteiger partial charge is 0.277 e. The number of aromatic nitrogens is 1. The summed E-state index contributed by atoms with van der Waals surface area (Å²) in [6, 6.07) is 21.8. The molecule has 1 aromatic heterocycles. The Hall–Kier alpha value is -4.72. The van der Waals surface area contributed by atoms with Crippen molar-refractivity contribution in [3.05, 3.63) is 140 Å². The molecule has 1 atom stereocenters. The molecule has 0 saturated carbocycles. The third-order valence-electron chi connectivity index (χ3n) is 8.80. The zero-order chi connectivity index (χ0) is 29.7. The Balaban J connectivity index is 1.44. The van der Waals surface area contributed by atoms with Gasteiger partial charge in [0.05, 0.1) is 6.61 Å². The first-order valence-corrected chi connectivity index (χ1v) is 14.7. The number of halogens is 2. The molecule has 0 N–H and O–H groups in total. The van der Waals surface area contributed by atoms with E-state index in [-0.39, 0.29) is 29.4 Å². The second-order valence-electron chi connectivity index (χ2n) is 11.3. The van der Waals surface area contributed by atoms with E-state index in [9.17, 15) is 14.0 Å². The summed E-state index contributed by atoms with van der Waals surface area (Å²) in [4.78, 5) is 29.2. The minimum atomic E-state index is -1.03. The highest BCUT2D eigenvalue weighted by Crippen LogP contribution is 2.55. The lowest BCUT2D eigenvalue weighted by Crippen LogP contribution is -2.62. The highest BCUT2D eigenvalue weighted by molar-refractivity contribution is 5.96. The van der Waals surface area contributed by atoms with Crippen LogP contribution in [0.25, 0.3) is 6.08 Å². The number of nitrogens with zero attached hydrogens (tertiary/aromatic N) is 3. The van der Waals surface area contributed by atoms with Gasteiger partial charge in [-0.1, -0.05) is 74.0 Å². The number of carbonyl (C=O) groups excluding carboxylic acids is 1. The van der Waals surface area contributed by atoms with E-state index in [4.69, 9.17) is 4.74 Å². The van der Waals surface area contributed by atoms with E-state index in [2.05, 4.69) is 0 Å². The molecule has 3 aromatic carbocycles. The summed E-state index contributed by atoms with van der Waals surface area (Å²) in [6.07, 6.45) is 6.31. The molecule has 218 valence electrons. The maximum Gasteiger partial charge on any atom is 0.277 e. The summed E-state index contributed by atoms with van der Waals surface area (Å²) >= 11 is 0. The fourth-order valence-corrected chi connectivity index (χ4v) is 6.79. The molecule has 0 saturated heterocycles. The molecule has 8 heteroatoms. The Morgan fingerprint density at radius 3 is 2.51 bits per heavy atom. The van der Waals surface area contributed by atoms with Gasteiger partial charge in [0.2, 0.25) is 5.43 Å². The number of benzene rings is 3. The van der Waals surface area contributed by atoms with Crippen molar-refractivity contribution in [1.29, 1.82) is 0 Å². The van der Waals surface area contributed by atoms with E-state index >= 15 is 4.39 Å². The molecule has 1 amide bonds. The van der Waals surface area contributed by atoms with Gasteiger partial charge in [-0.3, -0.25) is 19.3 Å². The predicted molar refractivity (Wildman–Crippen MR) is 161 cm³/mol. The van der Waals surface area contributed by atoms with Gasteiger partial charge in [0, 0.05) is 18.8 Å². The highest BCUT2D eigenvalue weighted by Gasteiger charge is 2.55. The van der Waals surface area contributed by atoms with Crippen molar-refractivity contribution in [2.45, 2.75) is 38.1 Å². The van der Waals surface area contributed by atoms with Gasteiger partial charge in [-0.2, -0.15) is 0 Å². The molecule has 0 radical (unpaired) electrons. The molecule has 7 rings (SSSR count). The van der Waals surface area contributed by atoms with E-state index in [0.717, 1.165) is 35.1 Å². The van der Waals surface area contributed by atoms with E-state index in [1.54, 1.807) is 15.8 Å². The number of hydrogen-bond donors (Lipinski definition) is 0. The molecule has 3 aliphatic rings. The number of unbranched alkanes of at least 4 members (excludes halogenated alkanes) is 1. The fraction of sp³-hybridized carbons (Fsp3) is 0.257. The highest BCUT2D eigenvalue weighted by atomic mass is 19.2. The third kappa shape index (κ3) is 4.19. The van der Waals surface area contributed by atoms with Crippen LogP contribution in [0.1, 0.15) is 58.1 Å². The lowest BCUT2D eigenvalue weighted by atomic mass is 9.83. The fourth-order valence-electron chi connectivity index (χ4n) is 6.79. The zero-order valence-corrected chi connectivity index (χ0v) is 23.9. The van der Waals surface area contributed by atoms with Gasteiger partial charge in [-0.15, -0.1) is 0 Å². The Bertz CT molecular complexity index is 1830. The largest absolute Gasteiger partial charge is 0.487 e. The lowest BCUT2D eigenvalue weighted by Gasteiger charge is -2.49. The average Bonchev–Trinajstić information content (AvgIpc) is 3.49. The van der Waals surface area contributed by atoms with E-state index in [1.807, 2.05) is 72.6 Å². The first-order chi connectivity index (χ1) is 20.9. The van der Waals surface area contributed by atoms with Crippen LogP contribution in [-0.4, -0.2) is 35.3 Å². The molecular weight excluding hydrogens is 548 g/mol. The number of carbonyl (C=O) groups is 1. The van der Waals surface area contributed by atoms with Gasteiger partial charge in [0.25, 0.3) is 5.91 Å². The Kier molecular flexibility index (Phi) is 6.64. The second-order valence-corrected chi connectivity index (χ2v) is 11.3. The van der Waals surface area contributed by atoms with Gasteiger partial charge in [-0.25, -0.2) is 8.78 Å². The van der Waals surface area contributed by atoms with Crippen LogP contribution in [0.5, 0.6) is 5.75 Å². The molecule has 2 aliphatic carbocycles. The van der Waals surface area contributed by atoms with E-state index in [1.165, 1.54) is 18.2 Å². The summed E-state index contributed by atoms with van der Waals surface area (Å²) in [6.45, 7) is 2.86. The van der Waals surface area contributed by atoms with Crippen LogP contribution >= 0.6 is 0 Å². The van der Waals surface area contributed by atoms with Crippen LogP contribution in [-0.2, 0) is 18.4 Å². The zero-order valence-electron chi connectivity index (χ0n) is 23.9. The van der Waals surface area contributed by atoms with Crippen molar-refractivity contribution in [3.8, 4) is 5.75 Å². The Morgan fingerprint density at radius 2 is 1.70 bits per heavy atom. The average molecular weight is 580 g/mol. The molecule has 1 unspecified atom stereocenters. The van der Waals surface area contributed by atoms with Crippen molar-refractivity contribution in [1.82, 2.24) is 9.58 Å². The summed E-state index contributed by atoms with van der Waals surface area (Å²) in [5, 5.41) is 2.02. The monoisotopic (exact) mass is 579 g/mol. The van der Waals surface area contributed by atoms with E-state index < -0.39 is 17.2 Å². The quantitative estimate of drug-likeness (QED) is 0.248. The minimum absolute atomic E-state index is 0.00656. The summed E-state index contributed by atoms with van der Waals surface area (Å²) in [7, 11) is 0. The number of pyridine rings is 1. The molecule has 0 fully saturated rings. The number of ether oxygens (including phenoxy) is 1. The predicted octanol–water partition coefficient (Wildman–Crippen LogP) is 5.80. The van der Waals surface area contributed by atoms with Crippen molar-refractivity contribution in [2.24, 2.45) is 0 Å². The van der Waals surface area contributed by atoms with Crippen molar-refractivity contribution in [3.63, 3.8) is 0 Å². The Labute approximate surface area is 248 Å². The Morgan fingerprint density at radius 1 is 0.930 bits per heavy atom. The molecule has 4 aromatic rings. The van der Waals surface area contributed by atoms with Crippen LogP contribution < -0.4 is 15.2 Å². The van der Waals surface area contributed by atoms with Crippen LogP contribution in [0.3, 0.4) is 0 Å². The normalized spacial score (nSPS) is 18.2. The summed E-state index contributed by atoms with van der Waals surface area (Å²) in [5.74, 6) is -2.15. The van der Waals surface area contributed by atoms with Crippen LogP contribution in [0, 0.1) is 11.6 Å². The van der Waals surface area contributed by atoms with Crippen LogP contribution in [0.15, 0.2) is 89.4 Å². The third-order valence-corrected chi connectivity index (χ3v) is 8.80. The van der Waals surface area contributed by atoms with E-state index in [0.29, 0.717) is 37.1 Å².